The molecule has 7 nitrogen and oxygen atoms in total. The topological polar surface area (TPSA) is 95.9 Å². The highest BCUT2D eigenvalue weighted by atomic mass is 16.5. The van der Waals surface area contributed by atoms with Gasteiger partial charge in [-0.2, -0.15) is 0 Å². The smallest absolute Gasteiger partial charge is 0.317 e. The second kappa shape index (κ2) is 8.32. The van der Waals surface area contributed by atoms with Crippen LogP contribution in [0, 0.1) is 0 Å². The van der Waals surface area contributed by atoms with E-state index in [4.69, 9.17) is 5.11 Å². The highest BCUT2D eigenvalue weighted by Gasteiger charge is 2.20. The van der Waals surface area contributed by atoms with Crippen molar-refractivity contribution in [3.05, 3.63) is 0 Å². The number of carbonyl (C=O) groups excluding carboxylic acids is 2. The van der Waals surface area contributed by atoms with E-state index in [1.807, 2.05) is 0 Å². The molecule has 0 aromatic heterocycles. The average molecular weight is 260 g/mol. The number of hydrogen-bond acceptors (Lipinski definition) is 4. The molecule has 2 amide bonds. The number of carboxylic acids is 1. The van der Waals surface area contributed by atoms with Crippen LogP contribution in [0.1, 0.15) is 26.7 Å². The summed E-state index contributed by atoms with van der Waals surface area (Å²) in [5.74, 6) is -1.36. The summed E-state index contributed by atoms with van der Waals surface area (Å²) in [6.07, 6.45) is -0.0225. The molecular weight excluding hydrogens is 240 g/mol. The number of nitrogens with zero attached hydrogens (tertiary/aromatic N) is 1. The average Bonchev–Trinajstić information content (AvgIpc) is 2.28. The van der Waals surface area contributed by atoms with Crippen LogP contribution < -0.4 is 5.32 Å². The Morgan fingerprint density at radius 1 is 1.39 bits per heavy atom. The van der Waals surface area contributed by atoms with Gasteiger partial charge in [-0.1, -0.05) is 0 Å². The zero-order valence-electron chi connectivity index (χ0n) is 10.9. The normalized spacial score (nSPS) is 11.5. The summed E-state index contributed by atoms with van der Waals surface area (Å²) in [4.78, 5) is 34.6. The van der Waals surface area contributed by atoms with Gasteiger partial charge in [0.05, 0.1) is 20.0 Å². The molecule has 0 aliphatic carbocycles. The van der Waals surface area contributed by atoms with Gasteiger partial charge in [0.25, 0.3) is 0 Å². The maximum Gasteiger partial charge on any atom is 0.317 e. The van der Waals surface area contributed by atoms with E-state index in [2.05, 4.69) is 10.1 Å². The lowest BCUT2D eigenvalue weighted by atomic mass is 10.2. The molecule has 0 rings (SSSR count). The van der Waals surface area contributed by atoms with Crippen LogP contribution in [-0.2, 0) is 14.3 Å². The standard InChI is InChI=1S/C11H20N2O5/c1-4-13(8(2)7-9(14)15)11(17)12-6-5-10(16)18-3/h8H,4-7H2,1-3H3,(H,12,17)(H,14,15). The third-order valence-electron chi connectivity index (χ3n) is 2.44. The van der Waals surface area contributed by atoms with Crippen LogP contribution in [0.2, 0.25) is 0 Å². The van der Waals surface area contributed by atoms with Gasteiger partial charge in [-0.15, -0.1) is 0 Å². The highest BCUT2D eigenvalue weighted by Crippen LogP contribution is 2.04. The number of urea groups is 1. The van der Waals surface area contributed by atoms with Crippen molar-refractivity contribution < 1.29 is 24.2 Å². The Morgan fingerprint density at radius 3 is 2.44 bits per heavy atom. The van der Waals surface area contributed by atoms with Crippen LogP contribution in [-0.4, -0.2) is 54.2 Å². The molecule has 0 aliphatic rings. The van der Waals surface area contributed by atoms with E-state index in [1.165, 1.54) is 12.0 Å². The van der Waals surface area contributed by atoms with Gasteiger partial charge in [0.2, 0.25) is 0 Å². The molecule has 1 unspecified atom stereocenters. The summed E-state index contributed by atoms with van der Waals surface area (Å²) in [7, 11) is 1.28. The summed E-state index contributed by atoms with van der Waals surface area (Å²) in [6.45, 7) is 4.00. The number of aliphatic carboxylic acids is 1. The molecule has 1 atom stereocenters. The monoisotopic (exact) mass is 260 g/mol. The molecule has 2 N–H and O–H groups in total. The van der Waals surface area contributed by atoms with E-state index in [9.17, 15) is 14.4 Å². The van der Waals surface area contributed by atoms with Gasteiger partial charge >= 0.3 is 18.0 Å². The quantitative estimate of drug-likeness (QED) is 0.648. The van der Waals surface area contributed by atoms with Crippen LogP contribution in [0.25, 0.3) is 0 Å². The Balaban J connectivity index is 4.18. The van der Waals surface area contributed by atoms with Crippen LogP contribution in [0.15, 0.2) is 0 Å². The minimum absolute atomic E-state index is 0.0904. The molecule has 7 heteroatoms. The molecule has 18 heavy (non-hydrogen) atoms. The number of amides is 2. The number of nitrogens with one attached hydrogen (secondary N) is 1. The van der Waals surface area contributed by atoms with Crippen molar-refractivity contribution in [2.24, 2.45) is 0 Å². The summed E-state index contributed by atoms with van der Waals surface area (Å²) in [5.41, 5.74) is 0. The lowest BCUT2D eigenvalue weighted by Gasteiger charge is -2.27. The predicted molar refractivity (Wildman–Crippen MR) is 64.1 cm³/mol. The molecule has 104 valence electrons. The van der Waals surface area contributed by atoms with Crippen molar-refractivity contribution in [2.75, 3.05) is 20.2 Å². The Kier molecular flexibility index (Phi) is 7.50. The van der Waals surface area contributed by atoms with Crippen molar-refractivity contribution in [3.63, 3.8) is 0 Å². The van der Waals surface area contributed by atoms with E-state index in [0.717, 1.165) is 0 Å². The minimum atomic E-state index is -0.955. The Bertz CT molecular complexity index is 306. The summed E-state index contributed by atoms with van der Waals surface area (Å²) in [5, 5.41) is 11.2. The third kappa shape index (κ3) is 6.07. The van der Waals surface area contributed by atoms with Gasteiger partial charge in [-0.3, -0.25) is 9.59 Å². The molecule has 0 aromatic carbocycles. The fourth-order valence-electron chi connectivity index (χ4n) is 1.49. The molecule has 0 fully saturated rings. The molecule has 0 spiro atoms. The summed E-state index contributed by atoms with van der Waals surface area (Å²) < 4.78 is 4.44. The maximum atomic E-state index is 11.7. The SMILES string of the molecule is CCN(C(=O)NCCC(=O)OC)C(C)CC(=O)O. The minimum Gasteiger partial charge on any atom is -0.481 e. The molecule has 0 bridgehead atoms. The lowest BCUT2D eigenvalue weighted by molar-refractivity contribution is -0.140. The van der Waals surface area contributed by atoms with Gasteiger partial charge in [0.15, 0.2) is 0 Å². The zero-order valence-corrected chi connectivity index (χ0v) is 10.9. The van der Waals surface area contributed by atoms with E-state index < -0.39 is 18.0 Å². The van der Waals surface area contributed by atoms with Crippen molar-refractivity contribution in [1.82, 2.24) is 10.2 Å². The van der Waals surface area contributed by atoms with Crippen molar-refractivity contribution in [1.29, 1.82) is 0 Å². The fourth-order valence-corrected chi connectivity index (χ4v) is 1.49. The first-order valence-corrected chi connectivity index (χ1v) is 5.75. The molecule has 0 aromatic rings. The Hall–Kier alpha value is -1.79. The first-order valence-electron chi connectivity index (χ1n) is 5.75. The van der Waals surface area contributed by atoms with Crippen molar-refractivity contribution in [2.45, 2.75) is 32.7 Å². The maximum absolute atomic E-state index is 11.7. The van der Waals surface area contributed by atoms with Crippen LogP contribution in [0.5, 0.6) is 0 Å². The third-order valence-corrected chi connectivity index (χ3v) is 2.44. The zero-order chi connectivity index (χ0) is 14.1. The van der Waals surface area contributed by atoms with E-state index >= 15 is 0 Å². The van der Waals surface area contributed by atoms with Gasteiger partial charge in [-0.25, -0.2) is 4.79 Å². The van der Waals surface area contributed by atoms with Gasteiger partial charge in [-0.05, 0) is 13.8 Å². The highest BCUT2D eigenvalue weighted by molar-refractivity contribution is 5.76. The number of esters is 1. The Morgan fingerprint density at radius 2 is 2.00 bits per heavy atom. The first kappa shape index (κ1) is 16.2. The molecule has 0 saturated carbocycles. The number of carboxylic acid groups (broad SMARTS) is 1. The second-order valence-electron chi connectivity index (χ2n) is 3.79. The number of methoxy groups -OCH3 is 1. The molecule has 0 saturated heterocycles. The van der Waals surface area contributed by atoms with E-state index in [1.54, 1.807) is 13.8 Å². The van der Waals surface area contributed by atoms with Crippen LogP contribution in [0.3, 0.4) is 0 Å². The largest absolute Gasteiger partial charge is 0.481 e. The van der Waals surface area contributed by atoms with Crippen molar-refractivity contribution in [3.8, 4) is 0 Å². The second-order valence-corrected chi connectivity index (χ2v) is 3.79. The van der Waals surface area contributed by atoms with Crippen LogP contribution in [0.4, 0.5) is 4.79 Å². The molecule has 0 radical (unpaired) electrons. The van der Waals surface area contributed by atoms with E-state index in [0.29, 0.717) is 6.54 Å². The number of rotatable bonds is 7. The van der Waals surface area contributed by atoms with Gasteiger partial charge in [0.1, 0.15) is 0 Å². The van der Waals surface area contributed by atoms with Gasteiger partial charge in [0, 0.05) is 19.1 Å². The van der Waals surface area contributed by atoms with Crippen molar-refractivity contribution >= 4 is 18.0 Å². The molecular formula is C11H20N2O5. The number of hydrogen-bond donors (Lipinski definition) is 2. The lowest BCUT2D eigenvalue weighted by Crippen LogP contribution is -2.46. The van der Waals surface area contributed by atoms with Gasteiger partial charge < -0.3 is 20.1 Å². The molecule has 0 heterocycles. The predicted octanol–water partition coefficient (Wildman–Crippen LogP) is 0.444. The number of ether oxygens (including phenoxy) is 1. The summed E-state index contributed by atoms with van der Waals surface area (Å²) >= 11 is 0. The van der Waals surface area contributed by atoms with Crippen LogP contribution >= 0.6 is 0 Å². The van der Waals surface area contributed by atoms with E-state index in [-0.39, 0.29) is 25.4 Å². The Labute approximate surface area is 106 Å². The summed E-state index contributed by atoms with van der Waals surface area (Å²) in [6, 6.07) is -0.777. The molecule has 0 aliphatic heterocycles. The first-order chi connectivity index (χ1) is 8.42. The fraction of sp³-hybridized carbons (Fsp3) is 0.727. The number of carbonyl (C=O) groups is 3.